The summed E-state index contributed by atoms with van der Waals surface area (Å²) in [6, 6.07) is 15.1. The van der Waals surface area contributed by atoms with E-state index in [0.29, 0.717) is 18.5 Å². The van der Waals surface area contributed by atoms with Gasteiger partial charge in [0, 0.05) is 19.3 Å². The number of pyridine rings is 1. The Bertz CT molecular complexity index is 1530. The second-order valence-corrected chi connectivity index (χ2v) is 9.74. The largest absolute Gasteiger partial charge is 0.494 e. The second kappa shape index (κ2) is 8.13. The van der Waals surface area contributed by atoms with Crippen LogP contribution in [0.2, 0.25) is 0 Å². The maximum Gasteiger partial charge on any atom is 0.350 e. The lowest BCUT2D eigenvalue weighted by molar-refractivity contribution is 0.386. The molecule has 0 N–H and O–H groups in total. The van der Waals surface area contributed by atoms with Gasteiger partial charge in [-0.05, 0) is 47.4 Å². The van der Waals surface area contributed by atoms with Crippen LogP contribution in [0.3, 0.4) is 0 Å². The van der Waals surface area contributed by atoms with Crippen LogP contribution >= 0.6 is 0 Å². The summed E-state index contributed by atoms with van der Waals surface area (Å²) in [6.45, 7) is 0.587. The molecule has 0 fully saturated rings. The molecule has 4 aromatic rings. The normalized spacial score (nSPS) is 14.4. The molecule has 10 heteroatoms. The zero-order valence-electron chi connectivity index (χ0n) is 17.8. The fourth-order valence-electron chi connectivity index (χ4n) is 4.11. The molecule has 2 aromatic carbocycles. The summed E-state index contributed by atoms with van der Waals surface area (Å²) >= 11 is 0. The third-order valence-corrected chi connectivity index (χ3v) is 7.70. The van der Waals surface area contributed by atoms with Crippen LogP contribution in [-0.4, -0.2) is 40.6 Å². The average molecular weight is 469 g/mol. The van der Waals surface area contributed by atoms with Crippen molar-refractivity contribution in [2.75, 3.05) is 13.7 Å². The van der Waals surface area contributed by atoms with Gasteiger partial charge in [-0.1, -0.05) is 30.3 Å². The molecule has 0 bridgehead atoms. The molecule has 0 spiro atoms. The molecular weight excluding hydrogens is 447 g/mol. The third kappa shape index (κ3) is 3.70. The number of benzene rings is 2. The highest BCUT2D eigenvalue weighted by Crippen LogP contribution is 2.26. The van der Waals surface area contributed by atoms with Gasteiger partial charge in [0.05, 0.1) is 13.7 Å². The van der Waals surface area contributed by atoms with Crippen LogP contribution in [0.5, 0.6) is 5.75 Å². The standard InChI is InChI=1S/C23H21FN4O4S/c1-32-20-9-8-16(13-19(20)24)14-28-23(29)27-11-4-7-21(22(27)25-28)33(30,31)26-12-10-17-5-2-3-6-18(17)15-26/h2-9,11,13H,10,12,14-15H2,1H3. The van der Waals surface area contributed by atoms with Gasteiger partial charge in [0.15, 0.2) is 17.2 Å². The Balaban J connectivity index is 1.52. The minimum absolute atomic E-state index is 0.0159. The molecule has 1 aliphatic heterocycles. The molecule has 0 saturated heterocycles. The Labute approximate surface area is 189 Å². The Morgan fingerprint density at radius 2 is 1.88 bits per heavy atom. The molecule has 0 unspecified atom stereocenters. The zero-order valence-corrected chi connectivity index (χ0v) is 18.6. The molecule has 3 heterocycles. The highest BCUT2D eigenvalue weighted by Gasteiger charge is 2.31. The molecule has 5 rings (SSSR count). The minimum Gasteiger partial charge on any atom is -0.494 e. The van der Waals surface area contributed by atoms with E-state index in [1.807, 2.05) is 24.3 Å². The number of aromatic nitrogens is 3. The number of fused-ring (bicyclic) bond motifs is 2. The average Bonchev–Trinajstić information content (AvgIpc) is 3.14. The van der Waals surface area contributed by atoms with E-state index in [4.69, 9.17) is 4.74 Å². The number of methoxy groups -OCH3 is 1. The first-order valence-corrected chi connectivity index (χ1v) is 11.8. The van der Waals surface area contributed by atoms with Crippen molar-refractivity contribution >= 4 is 15.7 Å². The molecule has 8 nitrogen and oxygen atoms in total. The monoisotopic (exact) mass is 468 g/mol. The van der Waals surface area contributed by atoms with Crippen molar-refractivity contribution in [3.63, 3.8) is 0 Å². The van der Waals surface area contributed by atoms with E-state index >= 15 is 0 Å². The first-order chi connectivity index (χ1) is 15.9. The van der Waals surface area contributed by atoms with Gasteiger partial charge in [-0.15, -0.1) is 5.10 Å². The van der Waals surface area contributed by atoms with Crippen molar-refractivity contribution < 1.29 is 17.5 Å². The smallest absolute Gasteiger partial charge is 0.350 e. The molecule has 1 aliphatic rings. The Kier molecular flexibility index (Phi) is 5.26. The fourth-order valence-corrected chi connectivity index (χ4v) is 5.65. The predicted molar refractivity (Wildman–Crippen MR) is 119 cm³/mol. The number of rotatable bonds is 5. The minimum atomic E-state index is -3.90. The molecule has 0 radical (unpaired) electrons. The lowest BCUT2D eigenvalue weighted by Gasteiger charge is -2.28. The second-order valence-electron chi connectivity index (χ2n) is 7.83. The Hall–Kier alpha value is -3.50. The van der Waals surface area contributed by atoms with Crippen molar-refractivity contribution in [2.24, 2.45) is 0 Å². The molecule has 0 aliphatic carbocycles. The highest BCUT2D eigenvalue weighted by molar-refractivity contribution is 7.89. The summed E-state index contributed by atoms with van der Waals surface area (Å²) in [4.78, 5) is 12.9. The number of sulfonamides is 1. The van der Waals surface area contributed by atoms with Crippen molar-refractivity contribution in [3.8, 4) is 5.75 Å². The first-order valence-electron chi connectivity index (χ1n) is 10.4. The Morgan fingerprint density at radius 1 is 1.09 bits per heavy atom. The van der Waals surface area contributed by atoms with E-state index < -0.39 is 21.5 Å². The Morgan fingerprint density at radius 3 is 2.64 bits per heavy atom. The van der Waals surface area contributed by atoms with Crippen LogP contribution in [0.4, 0.5) is 4.39 Å². The number of hydrogen-bond acceptors (Lipinski definition) is 5. The summed E-state index contributed by atoms with van der Waals surface area (Å²) < 4.78 is 49.7. The van der Waals surface area contributed by atoms with Gasteiger partial charge in [0.1, 0.15) is 4.90 Å². The molecule has 170 valence electrons. The van der Waals surface area contributed by atoms with Crippen LogP contribution < -0.4 is 10.4 Å². The maximum atomic E-state index is 14.1. The summed E-state index contributed by atoms with van der Waals surface area (Å²) in [6.07, 6.45) is 2.09. The summed E-state index contributed by atoms with van der Waals surface area (Å²) in [5.41, 5.74) is 2.12. The van der Waals surface area contributed by atoms with Crippen molar-refractivity contribution in [1.29, 1.82) is 0 Å². The van der Waals surface area contributed by atoms with E-state index in [1.165, 1.54) is 46.3 Å². The summed E-state index contributed by atoms with van der Waals surface area (Å²) in [5, 5.41) is 4.29. The van der Waals surface area contributed by atoms with E-state index in [9.17, 15) is 17.6 Å². The highest BCUT2D eigenvalue weighted by atomic mass is 32.2. The zero-order chi connectivity index (χ0) is 23.2. The van der Waals surface area contributed by atoms with Gasteiger partial charge in [0.25, 0.3) is 0 Å². The number of hydrogen-bond donors (Lipinski definition) is 0. The van der Waals surface area contributed by atoms with Crippen LogP contribution in [0, 0.1) is 5.82 Å². The first kappa shape index (κ1) is 21.4. The van der Waals surface area contributed by atoms with Gasteiger partial charge in [-0.3, -0.25) is 0 Å². The summed E-state index contributed by atoms with van der Waals surface area (Å²) in [5.74, 6) is -0.460. The van der Waals surface area contributed by atoms with Gasteiger partial charge in [-0.2, -0.15) is 4.31 Å². The van der Waals surface area contributed by atoms with E-state index in [2.05, 4.69) is 5.10 Å². The quantitative estimate of drug-likeness (QED) is 0.449. The van der Waals surface area contributed by atoms with Crippen LogP contribution in [0.15, 0.2) is 70.5 Å². The van der Waals surface area contributed by atoms with Crippen LogP contribution in [0.1, 0.15) is 16.7 Å². The molecule has 2 aromatic heterocycles. The lowest BCUT2D eigenvalue weighted by atomic mass is 10.0. The van der Waals surface area contributed by atoms with E-state index in [-0.39, 0.29) is 29.4 Å². The van der Waals surface area contributed by atoms with Crippen molar-refractivity contribution in [1.82, 2.24) is 18.5 Å². The van der Waals surface area contributed by atoms with Gasteiger partial charge in [-0.25, -0.2) is 26.7 Å². The molecule has 0 saturated carbocycles. The topological polar surface area (TPSA) is 85.9 Å². The number of nitrogens with zero attached hydrogens (tertiary/aromatic N) is 4. The molecular formula is C23H21FN4O4S. The number of halogens is 1. The van der Waals surface area contributed by atoms with Gasteiger partial charge in [0.2, 0.25) is 10.0 Å². The lowest BCUT2D eigenvalue weighted by Crippen LogP contribution is -2.36. The van der Waals surface area contributed by atoms with Gasteiger partial charge < -0.3 is 4.74 Å². The van der Waals surface area contributed by atoms with Crippen molar-refractivity contribution in [3.05, 3.63) is 93.8 Å². The summed E-state index contributed by atoms with van der Waals surface area (Å²) in [7, 11) is -2.53. The fraction of sp³-hybridized carbons (Fsp3) is 0.217. The number of ether oxygens (including phenoxy) is 1. The predicted octanol–water partition coefficient (Wildman–Crippen LogP) is 2.44. The third-order valence-electron chi connectivity index (χ3n) is 5.84. The molecule has 0 amide bonds. The van der Waals surface area contributed by atoms with Crippen molar-refractivity contribution in [2.45, 2.75) is 24.4 Å². The SMILES string of the molecule is COc1ccc(Cn2nc3c(S(=O)(=O)N4CCc5ccccc5C4)cccn3c2=O)cc1F. The van der Waals surface area contributed by atoms with E-state index in [1.54, 1.807) is 6.07 Å². The molecule has 33 heavy (non-hydrogen) atoms. The van der Waals surface area contributed by atoms with E-state index in [0.717, 1.165) is 15.8 Å². The maximum absolute atomic E-state index is 14.1. The van der Waals surface area contributed by atoms with Gasteiger partial charge >= 0.3 is 5.69 Å². The van der Waals surface area contributed by atoms with Crippen LogP contribution in [-0.2, 0) is 29.5 Å². The molecule has 0 atom stereocenters. The van der Waals surface area contributed by atoms with Crippen LogP contribution in [0.25, 0.3) is 5.65 Å².